The minimum Gasteiger partial charge on any atom is -0.497 e. The largest absolute Gasteiger partial charge is 0.497 e. The molecule has 1 heterocycles. The molecule has 0 aliphatic carbocycles. The van der Waals surface area contributed by atoms with Crippen LogP contribution in [0.2, 0.25) is 0 Å². The van der Waals surface area contributed by atoms with Crippen molar-refractivity contribution in [2.45, 2.75) is 12.5 Å². The Morgan fingerprint density at radius 1 is 1.13 bits per heavy atom. The zero-order valence-electron chi connectivity index (χ0n) is 16.8. The van der Waals surface area contributed by atoms with Crippen molar-refractivity contribution >= 4 is 34.2 Å². The first kappa shape index (κ1) is 20.4. The number of amides is 1. The molecule has 30 heavy (non-hydrogen) atoms. The number of carbonyl (C=O) groups is 1. The molecule has 4 rings (SSSR count). The third-order valence-corrected chi connectivity index (χ3v) is 6.13. The third-order valence-electron chi connectivity index (χ3n) is 5.21. The van der Waals surface area contributed by atoms with E-state index in [2.05, 4.69) is 30.3 Å². The molecule has 0 unspecified atom stereocenters. The van der Waals surface area contributed by atoms with Crippen LogP contribution in [0, 0.1) is 0 Å². The van der Waals surface area contributed by atoms with Gasteiger partial charge in [-0.2, -0.15) is 5.10 Å². The smallest absolute Gasteiger partial charge is 0.253 e. The fraction of sp³-hybridized carbons (Fsp3) is 0.250. The molecular formula is C24H24N2O3S. The molecule has 1 aliphatic heterocycles. The van der Waals surface area contributed by atoms with Gasteiger partial charge in [-0.3, -0.25) is 4.79 Å². The van der Waals surface area contributed by atoms with E-state index >= 15 is 0 Å². The van der Waals surface area contributed by atoms with Crippen molar-refractivity contribution in [2.75, 3.05) is 25.2 Å². The summed E-state index contributed by atoms with van der Waals surface area (Å²) in [6.07, 6.45) is 0.654. The second kappa shape index (κ2) is 9.32. The first-order chi connectivity index (χ1) is 14.7. The molecule has 0 saturated heterocycles. The summed E-state index contributed by atoms with van der Waals surface area (Å²) in [5.74, 6) is 1.56. The summed E-state index contributed by atoms with van der Waals surface area (Å²) in [4.78, 5) is 12.9. The van der Waals surface area contributed by atoms with Crippen LogP contribution >= 0.6 is 11.8 Å². The van der Waals surface area contributed by atoms with Gasteiger partial charge >= 0.3 is 0 Å². The number of nitrogens with zero attached hydrogens (tertiary/aromatic N) is 2. The van der Waals surface area contributed by atoms with Crippen molar-refractivity contribution < 1.29 is 14.6 Å². The molecular weight excluding hydrogens is 396 g/mol. The van der Waals surface area contributed by atoms with E-state index in [1.54, 1.807) is 12.1 Å². The maximum absolute atomic E-state index is 12.9. The molecule has 1 atom stereocenters. The summed E-state index contributed by atoms with van der Waals surface area (Å²) in [6, 6.07) is 22.2. The van der Waals surface area contributed by atoms with E-state index in [0.29, 0.717) is 17.9 Å². The number of aliphatic hydroxyl groups is 1. The standard InChI is InChI=1S/C24H24N2O3S/c1-29-21-10-8-18(9-11-21)23-15-22(25-26(23)24(28)16-30-13-12-27)20-7-6-17-4-2-3-5-19(17)14-20/h2-11,14,23,27H,12-13,15-16H2,1H3/t23-/m0/s1. The number of hydrazone groups is 1. The number of hydrogen-bond donors (Lipinski definition) is 1. The predicted octanol–water partition coefficient (Wildman–Crippen LogP) is 4.25. The van der Waals surface area contributed by atoms with Crippen molar-refractivity contribution in [2.24, 2.45) is 5.10 Å². The van der Waals surface area contributed by atoms with Crippen LogP contribution in [0.25, 0.3) is 10.8 Å². The van der Waals surface area contributed by atoms with E-state index in [4.69, 9.17) is 14.9 Å². The number of hydrogen-bond acceptors (Lipinski definition) is 5. The highest BCUT2D eigenvalue weighted by atomic mass is 32.2. The quantitative estimate of drug-likeness (QED) is 0.581. The van der Waals surface area contributed by atoms with Crippen LogP contribution in [0.15, 0.2) is 71.8 Å². The van der Waals surface area contributed by atoms with Gasteiger partial charge in [0.25, 0.3) is 5.91 Å². The van der Waals surface area contributed by atoms with Crippen LogP contribution in [-0.2, 0) is 4.79 Å². The first-order valence-electron chi connectivity index (χ1n) is 9.91. The summed E-state index contributed by atoms with van der Waals surface area (Å²) in [7, 11) is 1.64. The lowest BCUT2D eigenvalue weighted by Gasteiger charge is -2.22. The van der Waals surface area contributed by atoms with Gasteiger partial charge in [-0.05, 0) is 40.1 Å². The summed E-state index contributed by atoms with van der Waals surface area (Å²) in [5.41, 5.74) is 2.96. The Labute approximate surface area is 180 Å². The molecule has 1 N–H and O–H groups in total. The van der Waals surface area contributed by atoms with Crippen LogP contribution < -0.4 is 4.74 Å². The first-order valence-corrected chi connectivity index (χ1v) is 11.1. The lowest BCUT2D eigenvalue weighted by Crippen LogP contribution is -2.28. The monoisotopic (exact) mass is 420 g/mol. The molecule has 5 nitrogen and oxygen atoms in total. The Morgan fingerprint density at radius 3 is 2.63 bits per heavy atom. The fourth-order valence-corrected chi connectivity index (χ4v) is 4.24. The predicted molar refractivity (Wildman–Crippen MR) is 122 cm³/mol. The zero-order chi connectivity index (χ0) is 20.9. The number of carbonyl (C=O) groups excluding carboxylic acids is 1. The number of methoxy groups -OCH3 is 1. The van der Waals surface area contributed by atoms with Crippen molar-refractivity contribution in [3.63, 3.8) is 0 Å². The molecule has 3 aromatic rings. The summed E-state index contributed by atoms with van der Waals surface area (Å²) in [5, 5.41) is 17.7. The molecule has 6 heteroatoms. The topological polar surface area (TPSA) is 62.1 Å². The van der Waals surface area contributed by atoms with E-state index in [-0.39, 0.29) is 18.6 Å². The highest BCUT2D eigenvalue weighted by molar-refractivity contribution is 7.99. The lowest BCUT2D eigenvalue weighted by atomic mass is 9.97. The number of rotatable bonds is 7. The van der Waals surface area contributed by atoms with Crippen LogP contribution in [0.1, 0.15) is 23.6 Å². The van der Waals surface area contributed by atoms with E-state index < -0.39 is 0 Å². The Bertz CT molecular complexity index is 1070. The molecule has 0 bridgehead atoms. The van der Waals surface area contributed by atoms with Crippen molar-refractivity contribution in [3.8, 4) is 5.75 Å². The number of thioether (sulfide) groups is 1. The molecule has 0 radical (unpaired) electrons. The van der Waals surface area contributed by atoms with Gasteiger partial charge in [0.2, 0.25) is 0 Å². The highest BCUT2D eigenvalue weighted by Gasteiger charge is 2.33. The fourth-order valence-electron chi connectivity index (χ4n) is 3.66. The maximum Gasteiger partial charge on any atom is 0.253 e. The van der Waals surface area contributed by atoms with Crippen molar-refractivity contribution in [3.05, 3.63) is 77.9 Å². The second-order valence-corrected chi connectivity index (χ2v) is 8.22. The van der Waals surface area contributed by atoms with Crippen LogP contribution in [-0.4, -0.2) is 47.0 Å². The van der Waals surface area contributed by atoms with Gasteiger partial charge in [0.15, 0.2) is 0 Å². The summed E-state index contributed by atoms with van der Waals surface area (Å²) < 4.78 is 5.27. The lowest BCUT2D eigenvalue weighted by molar-refractivity contribution is -0.130. The van der Waals surface area contributed by atoms with Crippen molar-refractivity contribution in [1.29, 1.82) is 0 Å². The van der Waals surface area contributed by atoms with Crippen LogP contribution in [0.5, 0.6) is 5.75 Å². The molecule has 1 aliphatic rings. The number of aliphatic hydroxyl groups excluding tert-OH is 1. The summed E-state index contributed by atoms with van der Waals surface area (Å²) >= 11 is 1.42. The second-order valence-electron chi connectivity index (χ2n) is 7.12. The van der Waals surface area contributed by atoms with Gasteiger partial charge in [-0.1, -0.05) is 48.5 Å². The minimum absolute atomic E-state index is 0.0509. The van der Waals surface area contributed by atoms with Gasteiger partial charge in [0, 0.05) is 12.2 Å². The molecule has 0 aromatic heterocycles. The number of ether oxygens (including phenoxy) is 1. The Balaban J connectivity index is 1.64. The van der Waals surface area contributed by atoms with E-state index in [1.807, 2.05) is 36.4 Å². The van der Waals surface area contributed by atoms with Gasteiger partial charge in [-0.15, -0.1) is 11.8 Å². The molecule has 0 spiro atoms. The summed E-state index contributed by atoms with van der Waals surface area (Å²) in [6.45, 7) is 0.0610. The normalized spacial score (nSPS) is 16.0. The van der Waals surface area contributed by atoms with Crippen LogP contribution in [0.4, 0.5) is 0 Å². The SMILES string of the molecule is COc1ccc([C@@H]2CC(c3ccc4ccccc4c3)=NN2C(=O)CSCCO)cc1. The Kier molecular flexibility index (Phi) is 6.35. The van der Waals surface area contributed by atoms with Gasteiger partial charge < -0.3 is 9.84 Å². The van der Waals surface area contributed by atoms with E-state index in [1.165, 1.54) is 17.1 Å². The number of benzene rings is 3. The average Bonchev–Trinajstić information content (AvgIpc) is 3.24. The molecule has 3 aromatic carbocycles. The van der Waals surface area contributed by atoms with Gasteiger partial charge in [0.05, 0.1) is 31.2 Å². The molecule has 154 valence electrons. The van der Waals surface area contributed by atoms with Crippen molar-refractivity contribution in [1.82, 2.24) is 5.01 Å². The minimum atomic E-state index is -0.153. The Hall–Kier alpha value is -2.83. The zero-order valence-corrected chi connectivity index (χ0v) is 17.6. The molecule has 0 fully saturated rings. The average molecular weight is 421 g/mol. The molecule has 0 saturated carbocycles. The maximum atomic E-state index is 12.9. The van der Waals surface area contributed by atoms with Gasteiger partial charge in [0.1, 0.15) is 5.75 Å². The van der Waals surface area contributed by atoms with Gasteiger partial charge in [-0.25, -0.2) is 5.01 Å². The van der Waals surface area contributed by atoms with E-state index in [9.17, 15) is 4.79 Å². The number of fused-ring (bicyclic) bond motifs is 1. The highest BCUT2D eigenvalue weighted by Crippen LogP contribution is 2.34. The van der Waals surface area contributed by atoms with E-state index in [0.717, 1.165) is 28.0 Å². The third kappa shape index (κ3) is 4.35. The Morgan fingerprint density at radius 2 is 1.90 bits per heavy atom. The molecule has 1 amide bonds. The van der Waals surface area contributed by atoms with Crippen LogP contribution in [0.3, 0.4) is 0 Å².